The second kappa shape index (κ2) is 9.38. The average molecular weight is 482 g/mol. The summed E-state index contributed by atoms with van der Waals surface area (Å²) in [6.07, 6.45) is 0.756. The highest BCUT2D eigenvalue weighted by Crippen LogP contribution is 2.26. The minimum Gasteiger partial charge on any atom is -0.358 e. The van der Waals surface area contributed by atoms with E-state index in [0.717, 1.165) is 33.3 Å². The molecule has 168 valence electrons. The lowest BCUT2D eigenvalue weighted by atomic mass is 10.1. The van der Waals surface area contributed by atoms with Gasteiger partial charge >= 0.3 is 0 Å². The molecular formula is C21H19N7O3S2. The van der Waals surface area contributed by atoms with Crippen molar-refractivity contribution in [1.29, 1.82) is 0 Å². The van der Waals surface area contributed by atoms with Crippen molar-refractivity contribution >= 4 is 45.2 Å². The Morgan fingerprint density at radius 3 is 2.67 bits per heavy atom. The topological polar surface area (TPSA) is 127 Å². The number of hydrogen-bond acceptors (Lipinski definition) is 8. The number of thiocarbonyl (C=S) groups is 1. The highest BCUT2D eigenvalue weighted by atomic mass is 32.1. The Hall–Kier alpha value is -3.77. The predicted octanol–water partition coefficient (Wildman–Crippen LogP) is 3.44. The van der Waals surface area contributed by atoms with Crippen LogP contribution in [0.1, 0.15) is 34.2 Å². The second-order valence-electron chi connectivity index (χ2n) is 7.16. The molecule has 4 aromatic rings. The van der Waals surface area contributed by atoms with Crippen molar-refractivity contribution in [3.05, 3.63) is 75.1 Å². The lowest BCUT2D eigenvalue weighted by Crippen LogP contribution is -2.38. The van der Waals surface area contributed by atoms with Crippen LogP contribution in [-0.4, -0.2) is 35.8 Å². The molecule has 12 heteroatoms. The molecule has 0 aliphatic carbocycles. The number of nitro benzene ring substituents is 1. The summed E-state index contributed by atoms with van der Waals surface area (Å²) in [5, 5.41) is 30.4. The molecule has 1 amide bonds. The highest BCUT2D eigenvalue weighted by molar-refractivity contribution is 7.80. The SMILES string of the molecule is CCc1nnc2sc(-c3ccc(CNC(=S)NC(=O)c4ccc(C)c([N+](=O)[O-])c4)cc3)nn12. The van der Waals surface area contributed by atoms with Crippen LogP contribution >= 0.6 is 23.6 Å². The van der Waals surface area contributed by atoms with Gasteiger partial charge in [-0.3, -0.25) is 20.2 Å². The van der Waals surface area contributed by atoms with Gasteiger partial charge in [0.1, 0.15) is 5.01 Å². The quantitative estimate of drug-likeness (QED) is 0.244. The van der Waals surface area contributed by atoms with Gasteiger partial charge in [0.2, 0.25) is 4.96 Å². The maximum absolute atomic E-state index is 12.4. The minimum atomic E-state index is -0.518. The van der Waals surface area contributed by atoms with Crippen LogP contribution < -0.4 is 10.6 Å². The number of aryl methyl sites for hydroxylation is 2. The molecule has 0 spiro atoms. The lowest BCUT2D eigenvalue weighted by molar-refractivity contribution is -0.385. The van der Waals surface area contributed by atoms with Crippen molar-refractivity contribution in [2.24, 2.45) is 0 Å². The van der Waals surface area contributed by atoms with Gasteiger partial charge in [-0.2, -0.15) is 9.61 Å². The van der Waals surface area contributed by atoms with Gasteiger partial charge < -0.3 is 5.32 Å². The molecule has 0 fully saturated rings. The molecule has 0 aliphatic heterocycles. The van der Waals surface area contributed by atoms with Crippen LogP contribution in [0.4, 0.5) is 5.69 Å². The van der Waals surface area contributed by atoms with Crippen molar-refractivity contribution < 1.29 is 9.72 Å². The van der Waals surface area contributed by atoms with E-state index in [9.17, 15) is 14.9 Å². The first kappa shape index (κ1) is 22.4. The molecule has 0 saturated heterocycles. The van der Waals surface area contributed by atoms with E-state index in [0.29, 0.717) is 12.1 Å². The number of hydrogen-bond donors (Lipinski definition) is 2. The van der Waals surface area contributed by atoms with Gasteiger partial charge in [0.25, 0.3) is 11.6 Å². The molecule has 2 heterocycles. The molecule has 0 aliphatic rings. The number of nitro groups is 1. The number of amides is 1. The molecule has 10 nitrogen and oxygen atoms in total. The maximum atomic E-state index is 12.4. The number of rotatable bonds is 6. The zero-order valence-electron chi connectivity index (χ0n) is 17.7. The molecule has 2 N–H and O–H groups in total. The van der Waals surface area contributed by atoms with Crippen LogP contribution in [0.15, 0.2) is 42.5 Å². The van der Waals surface area contributed by atoms with E-state index in [2.05, 4.69) is 25.9 Å². The third-order valence-corrected chi connectivity index (χ3v) is 6.11. The first-order chi connectivity index (χ1) is 15.9. The zero-order valence-corrected chi connectivity index (χ0v) is 19.4. The normalized spacial score (nSPS) is 10.8. The summed E-state index contributed by atoms with van der Waals surface area (Å²) in [7, 11) is 0. The molecular weight excluding hydrogens is 462 g/mol. The number of benzene rings is 2. The van der Waals surface area contributed by atoms with Gasteiger partial charge in [0.05, 0.1) is 4.92 Å². The fraction of sp³-hybridized carbons (Fsp3) is 0.190. The Bertz CT molecular complexity index is 1360. The van der Waals surface area contributed by atoms with E-state index in [-0.39, 0.29) is 16.4 Å². The number of carbonyl (C=O) groups excluding carboxylic acids is 1. The molecule has 33 heavy (non-hydrogen) atoms. The molecule has 0 atom stereocenters. The van der Waals surface area contributed by atoms with Gasteiger partial charge in [-0.05, 0) is 30.8 Å². The third kappa shape index (κ3) is 4.86. The molecule has 0 radical (unpaired) electrons. The largest absolute Gasteiger partial charge is 0.358 e. The number of nitrogens with zero attached hydrogens (tertiary/aromatic N) is 5. The van der Waals surface area contributed by atoms with Gasteiger partial charge in [0.15, 0.2) is 10.9 Å². The zero-order chi connectivity index (χ0) is 23.5. The summed E-state index contributed by atoms with van der Waals surface area (Å²) in [5.41, 5.74) is 2.45. The van der Waals surface area contributed by atoms with Crippen LogP contribution in [-0.2, 0) is 13.0 Å². The summed E-state index contributed by atoms with van der Waals surface area (Å²) in [5.74, 6) is 0.310. The molecule has 2 aromatic heterocycles. The van der Waals surface area contributed by atoms with Crippen molar-refractivity contribution in [1.82, 2.24) is 30.4 Å². The minimum absolute atomic E-state index is 0.114. The Morgan fingerprint density at radius 2 is 1.97 bits per heavy atom. The Labute approximate surface area is 197 Å². The first-order valence-electron chi connectivity index (χ1n) is 10.0. The number of aromatic nitrogens is 4. The monoisotopic (exact) mass is 481 g/mol. The Morgan fingerprint density at radius 1 is 1.21 bits per heavy atom. The van der Waals surface area contributed by atoms with E-state index < -0.39 is 10.8 Å². The Kier molecular flexibility index (Phi) is 6.38. The lowest BCUT2D eigenvalue weighted by Gasteiger charge is -2.10. The van der Waals surface area contributed by atoms with Crippen LogP contribution in [0.5, 0.6) is 0 Å². The van der Waals surface area contributed by atoms with Crippen molar-refractivity contribution in [2.45, 2.75) is 26.8 Å². The fourth-order valence-corrected chi connectivity index (χ4v) is 4.14. The number of carbonyl (C=O) groups is 1. The van der Waals surface area contributed by atoms with E-state index in [4.69, 9.17) is 12.2 Å². The second-order valence-corrected chi connectivity index (χ2v) is 8.53. The summed E-state index contributed by atoms with van der Waals surface area (Å²) in [6, 6.07) is 12.1. The maximum Gasteiger partial charge on any atom is 0.273 e. The molecule has 2 aromatic carbocycles. The fourth-order valence-electron chi connectivity index (χ4n) is 3.11. The molecule has 0 saturated carbocycles. The summed E-state index contributed by atoms with van der Waals surface area (Å²) < 4.78 is 1.76. The predicted molar refractivity (Wildman–Crippen MR) is 128 cm³/mol. The summed E-state index contributed by atoms with van der Waals surface area (Å²) in [4.78, 5) is 23.7. The van der Waals surface area contributed by atoms with Gasteiger partial charge in [-0.15, -0.1) is 10.2 Å². The van der Waals surface area contributed by atoms with Gasteiger partial charge in [-0.25, -0.2) is 0 Å². The number of nitrogens with one attached hydrogen (secondary N) is 2. The Balaban J connectivity index is 1.35. The molecule has 4 rings (SSSR count). The van der Waals surface area contributed by atoms with Crippen LogP contribution in [0, 0.1) is 17.0 Å². The average Bonchev–Trinajstić information content (AvgIpc) is 3.39. The standard InChI is InChI=1S/C21H19N7O3S2/c1-3-17-24-25-21-27(17)26-19(33-21)14-8-5-13(6-9-14)11-22-20(32)23-18(29)15-7-4-12(2)16(10-15)28(30)31/h4-10H,3,11H2,1-2H3,(H2,22,23,29,32). The van der Waals surface area contributed by atoms with Crippen molar-refractivity contribution in [3.63, 3.8) is 0 Å². The van der Waals surface area contributed by atoms with E-state index in [1.807, 2.05) is 31.2 Å². The van der Waals surface area contributed by atoms with Crippen LogP contribution in [0.25, 0.3) is 15.5 Å². The van der Waals surface area contributed by atoms with Crippen molar-refractivity contribution in [2.75, 3.05) is 0 Å². The first-order valence-corrected chi connectivity index (χ1v) is 11.2. The van der Waals surface area contributed by atoms with Crippen LogP contribution in [0.3, 0.4) is 0 Å². The summed E-state index contributed by atoms with van der Waals surface area (Å²) >= 11 is 6.66. The number of fused-ring (bicyclic) bond motifs is 1. The molecule has 0 unspecified atom stereocenters. The van der Waals surface area contributed by atoms with E-state index in [1.165, 1.54) is 29.5 Å². The van der Waals surface area contributed by atoms with Gasteiger partial charge in [0, 0.05) is 35.7 Å². The highest BCUT2D eigenvalue weighted by Gasteiger charge is 2.16. The smallest absolute Gasteiger partial charge is 0.273 e. The van der Waals surface area contributed by atoms with Crippen molar-refractivity contribution in [3.8, 4) is 10.6 Å². The molecule has 0 bridgehead atoms. The van der Waals surface area contributed by atoms with E-state index in [1.54, 1.807) is 11.4 Å². The van der Waals surface area contributed by atoms with E-state index >= 15 is 0 Å². The third-order valence-electron chi connectivity index (χ3n) is 4.92. The van der Waals surface area contributed by atoms with Gasteiger partial charge in [-0.1, -0.05) is 48.6 Å². The summed E-state index contributed by atoms with van der Waals surface area (Å²) in [6.45, 7) is 4.02. The van der Waals surface area contributed by atoms with Crippen LogP contribution in [0.2, 0.25) is 0 Å².